The summed E-state index contributed by atoms with van der Waals surface area (Å²) in [6, 6.07) is 11.9. The molecule has 4 N–H and O–H groups in total. The average molecular weight is 393 g/mol. The number of hydrogen-bond donors (Lipinski definition) is 3. The Morgan fingerprint density at radius 2 is 2.07 bits per heavy atom. The Labute approximate surface area is 163 Å². The van der Waals surface area contributed by atoms with E-state index in [4.69, 9.17) is 5.73 Å². The van der Waals surface area contributed by atoms with E-state index in [0.29, 0.717) is 5.13 Å². The van der Waals surface area contributed by atoms with Crippen molar-refractivity contribution in [1.29, 1.82) is 0 Å². The molecule has 8 nitrogen and oxygen atoms in total. The highest BCUT2D eigenvalue weighted by Crippen LogP contribution is 2.34. The van der Waals surface area contributed by atoms with Crippen molar-refractivity contribution < 1.29 is 9.72 Å². The van der Waals surface area contributed by atoms with Gasteiger partial charge in [-0.15, -0.1) is 11.3 Å². The number of nitrogens with two attached hydrogens (primary N) is 1. The number of para-hydroxylation sites is 1. The van der Waals surface area contributed by atoms with E-state index in [1.165, 1.54) is 23.5 Å². The fourth-order valence-electron chi connectivity index (χ4n) is 3.07. The zero-order valence-electron chi connectivity index (χ0n) is 14.7. The summed E-state index contributed by atoms with van der Waals surface area (Å²) < 4.78 is 0. The molecule has 0 saturated carbocycles. The summed E-state index contributed by atoms with van der Waals surface area (Å²) in [5.41, 5.74) is 9.15. The number of nitrogen functional groups attached to an aromatic ring is 1. The number of nitro groups is 1. The lowest BCUT2D eigenvalue weighted by atomic mass is 10.1. The molecule has 140 valence electrons. The quantitative estimate of drug-likeness (QED) is 0.270. The summed E-state index contributed by atoms with van der Waals surface area (Å²) in [6.07, 6.45) is 0. The first-order valence-electron chi connectivity index (χ1n) is 8.32. The van der Waals surface area contributed by atoms with Crippen LogP contribution < -0.4 is 11.1 Å². The summed E-state index contributed by atoms with van der Waals surface area (Å²) in [6.45, 7) is 1.97. The monoisotopic (exact) mass is 393 g/mol. The van der Waals surface area contributed by atoms with Gasteiger partial charge >= 0.3 is 0 Å². The zero-order chi connectivity index (χ0) is 19.8. The van der Waals surface area contributed by atoms with E-state index < -0.39 is 10.8 Å². The average Bonchev–Trinajstić information content (AvgIpc) is 3.24. The van der Waals surface area contributed by atoms with Crippen molar-refractivity contribution in [3.8, 4) is 11.3 Å². The van der Waals surface area contributed by atoms with Crippen molar-refractivity contribution in [2.45, 2.75) is 6.92 Å². The van der Waals surface area contributed by atoms with Gasteiger partial charge in [-0.3, -0.25) is 20.2 Å². The Balaban J connectivity index is 1.62. The van der Waals surface area contributed by atoms with Gasteiger partial charge in [0.15, 0.2) is 5.13 Å². The lowest BCUT2D eigenvalue weighted by molar-refractivity contribution is -0.383. The standard InChI is InChI=1S/C19H15N5O3S/c1-10-17(12-4-2-3-5-14(12)21-10)15-9-28-19(22-15)23-18(25)11-6-7-13(20)16(8-11)24(26)27/h2-9,21H,20H2,1H3,(H,22,23,25). The SMILES string of the molecule is Cc1[nH]c2ccccc2c1-c1csc(NC(=O)c2ccc(N)c([N+](=O)[O-])c2)n1. The van der Waals surface area contributed by atoms with Gasteiger partial charge in [-0.1, -0.05) is 18.2 Å². The molecule has 0 unspecified atom stereocenters. The maximum Gasteiger partial charge on any atom is 0.292 e. The number of aromatic amines is 1. The summed E-state index contributed by atoms with van der Waals surface area (Å²) >= 11 is 1.29. The number of nitrogens with one attached hydrogen (secondary N) is 2. The first kappa shape index (κ1) is 17.7. The minimum Gasteiger partial charge on any atom is -0.393 e. The second-order valence-electron chi connectivity index (χ2n) is 6.19. The van der Waals surface area contributed by atoms with Crippen LogP contribution in [0.3, 0.4) is 0 Å². The highest BCUT2D eigenvalue weighted by molar-refractivity contribution is 7.14. The number of carbonyl (C=O) groups is 1. The Morgan fingerprint density at radius 1 is 1.29 bits per heavy atom. The van der Waals surface area contributed by atoms with Gasteiger partial charge in [-0.2, -0.15) is 0 Å². The van der Waals surface area contributed by atoms with Gasteiger partial charge in [0.05, 0.1) is 10.6 Å². The number of nitro benzene ring substituents is 1. The van der Waals surface area contributed by atoms with Crippen LogP contribution in [0.4, 0.5) is 16.5 Å². The minimum absolute atomic E-state index is 0.00731. The van der Waals surface area contributed by atoms with Crippen molar-refractivity contribution in [2.75, 3.05) is 11.1 Å². The molecule has 4 aromatic rings. The maximum absolute atomic E-state index is 12.5. The highest BCUT2D eigenvalue weighted by Gasteiger charge is 2.18. The molecule has 0 aliphatic rings. The normalized spacial score (nSPS) is 10.9. The van der Waals surface area contributed by atoms with Crippen LogP contribution in [0.1, 0.15) is 16.1 Å². The molecule has 0 spiro atoms. The summed E-state index contributed by atoms with van der Waals surface area (Å²) in [5, 5.41) is 17.0. The predicted molar refractivity (Wildman–Crippen MR) is 110 cm³/mol. The Bertz CT molecular complexity index is 1230. The summed E-state index contributed by atoms with van der Waals surface area (Å²) in [7, 11) is 0. The number of aryl methyl sites for hydroxylation is 1. The predicted octanol–water partition coefficient (Wildman–Crippen LogP) is 4.34. The molecular formula is C19H15N5O3S. The molecule has 0 fully saturated rings. The van der Waals surface area contributed by atoms with Crippen LogP contribution in [-0.4, -0.2) is 20.8 Å². The number of H-pyrrole nitrogens is 1. The number of thiazole rings is 1. The van der Waals surface area contributed by atoms with Crippen LogP contribution in [0.25, 0.3) is 22.2 Å². The van der Waals surface area contributed by atoms with Gasteiger partial charge < -0.3 is 10.7 Å². The van der Waals surface area contributed by atoms with Crippen LogP contribution >= 0.6 is 11.3 Å². The lowest BCUT2D eigenvalue weighted by Crippen LogP contribution is -2.12. The lowest BCUT2D eigenvalue weighted by Gasteiger charge is -2.03. The molecular weight excluding hydrogens is 378 g/mol. The molecule has 0 aliphatic heterocycles. The largest absolute Gasteiger partial charge is 0.393 e. The number of carbonyl (C=O) groups excluding carboxylic acids is 1. The Kier molecular flexibility index (Phi) is 4.28. The van der Waals surface area contributed by atoms with E-state index >= 15 is 0 Å². The van der Waals surface area contributed by atoms with Crippen LogP contribution in [0.15, 0.2) is 47.8 Å². The molecule has 2 heterocycles. The first-order valence-corrected chi connectivity index (χ1v) is 9.20. The number of benzene rings is 2. The first-order chi connectivity index (χ1) is 13.4. The molecule has 4 rings (SSSR count). The molecule has 0 atom stereocenters. The van der Waals surface area contributed by atoms with Gasteiger partial charge in [0.1, 0.15) is 5.69 Å². The van der Waals surface area contributed by atoms with Gasteiger partial charge in [0.2, 0.25) is 0 Å². The maximum atomic E-state index is 12.5. The molecule has 0 aliphatic carbocycles. The van der Waals surface area contributed by atoms with E-state index in [-0.39, 0.29) is 16.9 Å². The van der Waals surface area contributed by atoms with E-state index in [1.54, 1.807) is 0 Å². The van der Waals surface area contributed by atoms with Crippen molar-refractivity contribution in [1.82, 2.24) is 9.97 Å². The third-order valence-electron chi connectivity index (χ3n) is 4.36. The number of anilines is 2. The summed E-state index contributed by atoms with van der Waals surface area (Å²) in [4.78, 5) is 30.7. The molecule has 28 heavy (non-hydrogen) atoms. The molecule has 2 aromatic carbocycles. The second kappa shape index (κ2) is 6.78. The molecule has 1 amide bonds. The molecule has 9 heteroatoms. The fourth-order valence-corrected chi connectivity index (χ4v) is 3.76. The van der Waals surface area contributed by atoms with Gasteiger partial charge in [-0.25, -0.2) is 4.98 Å². The van der Waals surface area contributed by atoms with E-state index in [1.807, 2.05) is 36.6 Å². The third-order valence-corrected chi connectivity index (χ3v) is 5.12. The molecule has 0 saturated heterocycles. The van der Waals surface area contributed by atoms with Crippen molar-refractivity contribution in [3.05, 3.63) is 69.2 Å². The van der Waals surface area contributed by atoms with Gasteiger partial charge in [-0.05, 0) is 25.1 Å². The van der Waals surface area contributed by atoms with Gasteiger partial charge in [0.25, 0.3) is 11.6 Å². The van der Waals surface area contributed by atoms with Crippen LogP contribution in [0, 0.1) is 17.0 Å². The van der Waals surface area contributed by atoms with E-state index in [9.17, 15) is 14.9 Å². The van der Waals surface area contributed by atoms with Crippen molar-refractivity contribution in [2.24, 2.45) is 0 Å². The number of fused-ring (bicyclic) bond motifs is 1. The van der Waals surface area contributed by atoms with E-state index in [0.717, 1.165) is 33.9 Å². The number of nitrogens with zero attached hydrogens (tertiary/aromatic N) is 2. The molecule has 2 aromatic heterocycles. The van der Waals surface area contributed by atoms with Crippen molar-refractivity contribution in [3.63, 3.8) is 0 Å². The zero-order valence-corrected chi connectivity index (χ0v) is 15.5. The number of aromatic nitrogens is 2. The second-order valence-corrected chi connectivity index (χ2v) is 7.05. The fraction of sp³-hybridized carbons (Fsp3) is 0.0526. The number of amides is 1. The Morgan fingerprint density at radius 3 is 2.86 bits per heavy atom. The summed E-state index contributed by atoms with van der Waals surface area (Å²) in [5.74, 6) is -0.486. The highest BCUT2D eigenvalue weighted by atomic mass is 32.1. The molecule has 0 radical (unpaired) electrons. The smallest absolute Gasteiger partial charge is 0.292 e. The Hall–Kier alpha value is -3.72. The van der Waals surface area contributed by atoms with Crippen LogP contribution in [0.5, 0.6) is 0 Å². The number of rotatable bonds is 4. The van der Waals surface area contributed by atoms with Crippen LogP contribution in [-0.2, 0) is 0 Å². The third kappa shape index (κ3) is 3.08. The van der Waals surface area contributed by atoms with Crippen molar-refractivity contribution >= 4 is 44.7 Å². The minimum atomic E-state index is -0.618. The number of hydrogen-bond acceptors (Lipinski definition) is 6. The van der Waals surface area contributed by atoms with Crippen LogP contribution in [0.2, 0.25) is 0 Å². The topological polar surface area (TPSA) is 127 Å². The van der Waals surface area contributed by atoms with Gasteiger partial charge in [0, 0.05) is 39.2 Å². The van der Waals surface area contributed by atoms with E-state index in [2.05, 4.69) is 15.3 Å². The molecule has 0 bridgehead atoms.